The van der Waals surface area contributed by atoms with Crippen LogP contribution in [0, 0.1) is 0 Å². The molecule has 3 nitrogen and oxygen atoms in total. The summed E-state index contributed by atoms with van der Waals surface area (Å²) in [5.41, 5.74) is 2.52. The summed E-state index contributed by atoms with van der Waals surface area (Å²) in [5.74, 6) is 1.11. The predicted octanol–water partition coefficient (Wildman–Crippen LogP) is 0.692. The van der Waals surface area contributed by atoms with Crippen LogP contribution in [-0.2, 0) is 4.79 Å². The Kier molecular flexibility index (Phi) is 3.60. The summed E-state index contributed by atoms with van der Waals surface area (Å²) in [7, 11) is 0. The minimum absolute atomic E-state index is 0.944. The van der Waals surface area contributed by atoms with E-state index >= 15 is 0 Å². The molecule has 1 N–H and O–H groups in total. The van der Waals surface area contributed by atoms with Crippen molar-refractivity contribution < 1.29 is 4.79 Å². The van der Waals surface area contributed by atoms with Crippen molar-refractivity contribution in [2.45, 2.75) is 19.3 Å². The van der Waals surface area contributed by atoms with E-state index in [1.165, 1.54) is 19.3 Å². The van der Waals surface area contributed by atoms with E-state index in [0.717, 1.165) is 12.3 Å². The zero-order valence-electron chi connectivity index (χ0n) is 5.80. The van der Waals surface area contributed by atoms with Gasteiger partial charge in [0.1, 0.15) is 0 Å². The van der Waals surface area contributed by atoms with Gasteiger partial charge in [0.05, 0.1) is 0 Å². The van der Waals surface area contributed by atoms with Crippen LogP contribution in [0.5, 0.6) is 0 Å². The molecule has 1 aliphatic heterocycles. The standard InChI is InChI=1S/C6H11N2OS/c9-6-7-8-4-2-1-3-5-10-8/h1-5H2,(H,7,9). The quantitative estimate of drug-likeness (QED) is 0.475. The number of hydrogen-bond donors (Lipinski definition) is 1. The highest BCUT2D eigenvalue weighted by Gasteiger charge is 2.07. The molecular weight excluding hydrogens is 148 g/mol. The van der Waals surface area contributed by atoms with Gasteiger partial charge in [0.2, 0.25) is 0 Å². The Morgan fingerprint density at radius 3 is 3.10 bits per heavy atom. The fourth-order valence-corrected chi connectivity index (χ4v) is 1.83. The van der Waals surface area contributed by atoms with Gasteiger partial charge in [-0.2, -0.15) is 4.41 Å². The van der Waals surface area contributed by atoms with Crippen LogP contribution in [0.4, 0.5) is 0 Å². The second-order valence-corrected chi connectivity index (χ2v) is 3.32. The van der Waals surface area contributed by atoms with E-state index in [-0.39, 0.29) is 0 Å². The third-order valence-corrected chi connectivity index (χ3v) is 2.48. The number of carbonyl (C=O) groups excluding carboxylic acids is 1. The smallest absolute Gasteiger partial charge is 0.271 e. The van der Waals surface area contributed by atoms with Gasteiger partial charge in [0.15, 0.2) is 0 Å². The summed E-state index contributed by atoms with van der Waals surface area (Å²) < 4.78 is 1.85. The van der Waals surface area contributed by atoms with Crippen molar-refractivity contribution in [2.24, 2.45) is 0 Å². The van der Waals surface area contributed by atoms with Gasteiger partial charge >= 0.3 is 6.41 Å². The van der Waals surface area contributed by atoms with Crippen molar-refractivity contribution in [3.05, 3.63) is 0 Å². The van der Waals surface area contributed by atoms with Crippen molar-refractivity contribution >= 4 is 18.4 Å². The molecule has 0 atom stereocenters. The van der Waals surface area contributed by atoms with Crippen molar-refractivity contribution in [3.8, 4) is 0 Å². The van der Waals surface area contributed by atoms with Gasteiger partial charge in [-0.25, -0.2) is 0 Å². The minimum Gasteiger partial charge on any atom is -0.271 e. The van der Waals surface area contributed by atoms with Gasteiger partial charge in [0, 0.05) is 12.3 Å². The lowest BCUT2D eigenvalue weighted by atomic mass is 10.2. The molecular formula is C6H11N2OS. The Bertz CT molecular complexity index is 102. The van der Waals surface area contributed by atoms with Gasteiger partial charge in [-0.05, 0) is 12.8 Å². The van der Waals surface area contributed by atoms with Crippen LogP contribution < -0.4 is 5.43 Å². The normalized spacial score (nSPS) is 21.6. The van der Waals surface area contributed by atoms with Crippen molar-refractivity contribution in [1.29, 1.82) is 0 Å². The average molecular weight is 159 g/mol. The summed E-state index contributed by atoms with van der Waals surface area (Å²) in [4.78, 5) is 9.89. The molecule has 0 aliphatic carbocycles. The van der Waals surface area contributed by atoms with Crippen LogP contribution >= 0.6 is 11.9 Å². The summed E-state index contributed by atoms with van der Waals surface area (Å²) in [6, 6.07) is 0. The maximum atomic E-state index is 9.89. The molecule has 4 heteroatoms. The minimum atomic E-state index is 0.944. The van der Waals surface area contributed by atoms with Gasteiger partial charge in [0.25, 0.3) is 0 Å². The summed E-state index contributed by atoms with van der Waals surface area (Å²) in [6.45, 7) is 0.944. The van der Waals surface area contributed by atoms with E-state index < -0.39 is 0 Å². The molecule has 0 bridgehead atoms. The number of hydrazine groups is 1. The zero-order chi connectivity index (χ0) is 7.23. The molecule has 1 fully saturated rings. The van der Waals surface area contributed by atoms with Crippen LogP contribution in [0.25, 0.3) is 0 Å². The molecule has 0 unspecified atom stereocenters. The molecule has 1 heterocycles. The third-order valence-electron chi connectivity index (χ3n) is 1.42. The highest BCUT2D eigenvalue weighted by atomic mass is 32.2. The summed E-state index contributed by atoms with van der Waals surface area (Å²) >= 11 is 1.67. The number of rotatable bonds is 2. The fraction of sp³-hybridized carbons (Fsp3) is 0.833. The Hall–Kier alpha value is -0.220. The van der Waals surface area contributed by atoms with Gasteiger partial charge < -0.3 is 0 Å². The van der Waals surface area contributed by atoms with Crippen molar-refractivity contribution in [3.63, 3.8) is 0 Å². The topological polar surface area (TPSA) is 32.3 Å². The van der Waals surface area contributed by atoms with Gasteiger partial charge in [-0.3, -0.25) is 10.2 Å². The average Bonchev–Trinajstić information content (AvgIpc) is 2.17. The Labute approximate surface area is 65.3 Å². The SMILES string of the molecule is O=[C]NN1CCCCCS1. The van der Waals surface area contributed by atoms with E-state index in [1.54, 1.807) is 18.4 Å². The number of nitrogens with one attached hydrogen (secondary N) is 1. The van der Waals surface area contributed by atoms with E-state index in [1.807, 2.05) is 4.41 Å². The lowest BCUT2D eigenvalue weighted by Crippen LogP contribution is -2.31. The number of amides is 1. The van der Waals surface area contributed by atoms with E-state index in [2.05, 4.69) is 5.43 Å². The first-order valence-electron chi connectivity index (χ1n) is 3.47. The largest absolute Gasteiger partial charge is 0.325 e. The van der Waals surface area contributed by atoms with E-state index in [9.17, 15) is 4.79 Å². The van der Waals surface area contributed by atoms with Crippen LogP contribution in [0.2, 0.25) is 0 Å². The zero-order valence-corrected chi connectivity index (χ0v) is 6.62. The molecule has 10 heavy (non-hydrogen) atoms. The first-order chi connectivity index (χ1) is 4.93. The number of nitrogens with zero attached hydrogens (tertiary/aromatic N) is 1. The van der Waals surface area contributed by atoms with Crippen LogP contribution in [0.1, 0.15) is 19.3 Å². The summed E-state index contributed by atoms with van der Waals surface area (Å²) in [6.07, 6.45) is 5.36. The molecule has 0 aromatic rings. The van der Waals surface area contributed by atoms with Crippen molar-refractivity contribution in [2.75, 3.05) is 12.3 Å². The van der Waals surface area contributed by atoms with Crippen LogP contribution in [0.15, 0.2) is 0 Å². The molecule has 1 amide bonds. The highest BCUT2D eigenvalue weighted by molar-refractivity contribution is 7.96. The molecule has 1 saturated heterocycles. The molecule has 0 saturated carbocycles. The van der Waals surface area contributed by atoms with E-state index in [4.69, 9.17) is 0 Å². The van der Waals surface area contributed by atoms with Crippen molar-refractivity contribution in [1.82, 2.24) is 9.84 Å². The lowest BCUT2D eigenvalue weighted by Gasteiger charge is -2.14. The van der Waals surface area contributed by atoms with Gasteiger partial charge in [-0.1, -0.05) is 18.4 Å². The monoisotopic (exact) mass is 159 g/mol. The van der Waals surface area contributed by atoms with Gasteiger partial charge in [-0.15, -0.1) is 0 Å². The fourth-order valence-electron chi connectivity index (χ4n) is 0.913. The Morgan fingerprint density at radius 1 is 1.40 bits per heavy atom. The Balaban J connectivity index is 2.21. The lowest BCUT2D eigenvalue weighted by molar-refractivity contribution is 0.402. The molecule has 0 aromatic carbocycles. The molecule has 1 radical (unpaired) electrons. The third kappa shape index (κ3) is 2.58. The molecule has 0 aromatic heterocycles. The molecule has 1 rings (SSSR count). The maximum absolute atomic E-state index is 9.89. The molecule has 57 valence electrons. The molecule has 1 aliphatic rings. The van der Waals surface area contributed by atoms with E-state index in [0.29, 0.717) is 0 Å². The maximum Gasteiger partial charge on any atom is 0.325 e. The highest BCUT2D eigenvalue weighted by Crippen LogP contribution is 2.15. The second kappa shape index (κ2) is 4.57. The first kappa shape index (κ1) is 7.88. The summed E-state index contributed by atoms with van der Waals surface area (Å²) in [5, 5.41) is 0. The number of hydrogen-bond acceptors (Lipinski definition) is 3. The van der Waals surface area contributed by atoms with Crippen LogP contribution in [0.3, 0.4) is 0 Å². The predicted molar refractivity (Wildman–Crippen MR) is 41.8 cm³/mol. The first-order valence-corrected chi connectivity index (χ1v) is 4.41. The Morgan fingerprint density at radius 2 is 2.30 bits per heavy atom. The van der Waals surface area contributed by atoms with Crippen LogP contribution in [-0.4, -0.2) is 23.1 Å². The second-order valence-electron chi connectivity index (χ2n) is 2.21. The molecule has 0 spiro atoms.